The molecule has 2 nitrogen and oxygen atoms in total. The molecule has 0 saturated heterocycles. The summed E-state index contributed by atoms with van der Waals surface area (Å²) < 4.78 is 0. The minimum absolute atomic E-state index is 0.0145. The van der Waals surface area contributed by atoms with Crippen molar-refractivity contribution in [3.05, 3.63) is 89.6 Å². The Kier molecular flexibility index (Phi) is 5.16. The molecule has 1 aromatic heterocycles. The SMILES string of the molecule is [B]c1ccc(C(Sc2ncccc2CO)c2ccccc2)cc1. The van der Waals surface area contributed by atoms with Crippen LogP contribution in [0, 0.1) is 0 Å². The maximum Gasteiger partial charge on any atom is 0.113 e. The van der Waals surface area contributed by atoms with Gasteiger partial charge >= 0.3 is 0 Å². The van der Waals surface area contributed by atoms with Gasteiger partial charge in [-0.3, -0.25) is 0 Å². The Morgan fingerprint density at radius 3 is 2.30 bits per heavy atom. The van der Waals surface area contributed by atoms with E-state index in [9.17, 15) is 5.11 Å². The first-order valence-corrected chi connectivity index (χ1v) is 8.27. The lowest BCUT2D eigenvalue weighted by molar-refractivity contribution is 0.278. The second-order valence-electron chi connectivity index (χ2n) is 5.20. The molecule has 3 rings (SSSR count). The minimum atomic E-state index is -0.0145. The Balaban J connectivity index is 2.00. The third-order valence-electron chi connectivity index (χ3n) is 3.59. The quantitative estimate of drug-likeness (QED) is 0.579. The Labute approximate surface area is 142 Å². The largest absolute Gasteiger partial charge is 0.392 e. The summed E-state index contributed by atoms with van der Waals surface area (Å²) in [6.45, 7) is -0.0145. The molecule has 0 amide bonds. The summed E-state index contributed by atoms with van der Waals surface area (Å²) in [5.74, 6) is 0. The van der Waals surface area contributed by atoms with E-state index in [4.69, 9.17) is 7.85 Å². The fraction of sp³-hybridized carbons (Fsp3) is 0.105. The van der Waals surface area contributed by atoms with Crippen molar-refractivity contribution < 1.29 is 5.11 Å². The molecule has 1 atom stereocenters. The van der Waals surface area contributed by atoms with Crippen LogP contribution in [0.15, 0.2) is 78.0 Å². The zero-order valence-corrected chi connectivity index (χ0v) is 13.4. The van der Waals surface area contributed by atoms with Crippen LogP contribution < -0.4 is 5.46 Å². The predicted octanol–water partition coefficient (Wildman–Crippen LogP) is 3.25. The van der Waals surface area contributed by atoms with E-state index in [1.807, 2.05) is 54.6 Å². The molecule has 1 unspecified atom stereocenters. The Morgan fingerprint density at radius 2 is 1.61 bits per heavy atom. The summed E-state index contributed by atoms with van der Waals surface area (Å²) >= 11 is 1.64. The smallest absolute Gasteiger partial charge is 0.113 e. The molecule has 1 N–H and O–H groups in total. The van der Waals surface area contributed by atoms with E-state index in [0.29, 0.717) is 0 Å². The number of hydrogen-bond donors (Lipinski definition) is 1. The van der Waals surface area contributed by atoms with Crippen LogP contribution in [-0.2, 0) is 6.61 Å². The average Bonchev–Trinajstić information content (AvgIpc) is 2.61. The summed E-state index contributed by atoms with van der Waals surface area (Å²) in [7, 11) is 5.81. The second-order valence-corrected chi connectivity index (χ2v) is 6.29. The summed E-state index contributed by atoms with van der Waals surface area (Å²) in [4.78, 5) is 4.44. The topological polar surface area (TPSA) is 33.1 Å². The van der Waals surface area contributed by atoms with E-state index in [1.165, 1.54) is 5.56 Å². The maximum atomic E-state index is 9.54. The van der Waals surface area contributed by atoms with Gasteiger partial charge in [0.1, 0.15) is 12.9 Å². The lowest BCUT2D eigenvalue weighted by Gasteiger charge is -2.18. The average molecular weight is 317 g/mol. The Hall–Kier alpha value is -2.04. The third-order valence-corrected chi connectivity index (χ3v) is 4.96. The van der Waals surface area contributed by atoms with Gasteiger partial charge in [0.05, 0.1) is 11.9 Å². The number of aliphatic hydroxyl groups is 1. The van der Waals surface area contributed by atoms with Crippen molar-refractivity contribution in [3.8, 4) is 0 Å². The van der Waals surface area contributed by atoms with Crippen molar-refractivity contribution in [2.75, 3.05) is 0 Å². The number of hydrogen-bond acceptors (Lipinski definition) is 3. The molecular weight excluding hydrogens is 301 g/mol. The number of thioether (sulfide) groups is 1. The van der Waals surface area contributed by atoms with Gasteiger partial charge in [0.25, 0.3) is 0 Å². The van der Waals surface area contributed by atoms with Gasteiger partial charge in [-0.15, -0.1) is 0 Å². The molecule has 0 spiro atoms. The van der Waals surface area contributed by atoms with Gasteiger partial charge in [-0.2, -0.15) is 0 Å². The van der Waals surface area contributed by atoms with Crippen LogP contribution in [0.1, 0.15) is 21.9 Å². The van der Waals surface area contributed by atoms with Gasteiger partial charge in [-0.05, 0) is 17.2 Å². The number of nitrogens with zero attached hydrogens (tertiary/aromatic N) is 1. The first-order chi connectivity index (χ1) is 11.3. The number of rotatable bonds is 5. The highest BCUT2D eigenvalue weighted by atomic mass is 32.2. The highest BCUT2D eigenvalue weighted by Gasteiger charge is 2.17. The van der Waals surface area contributed by atoms with Crippen LogP contribution in [-0.4, -0.2) is 17.9 Å². The van der Waals surface area contributed by atoms with Crippen molar-refractivity contribution in [2.24, 2.45) is 0 Å². The van der Waals surface area contributed by atoms with Gasteiger partial charge < -0.3 is 5.11 Å². The van der Waals surface area contributed by atoms with E-state index >= 15 is 0 Å². The molecule has 3 aromatic rings. The number of pyridine rings is 1. The van der Waals surface area contributed by atoms with Crippen molar-refractivity contribution >= 4 is 25.1 Å². The van der Waals surface area contributed by atoms with Crippen LogP contribution in [0.25, 0.3) is 0 Å². The molecule has 112 valence electrons. The molecule has 0 saturated carbocycles. The van der Waals surface area contributed by atoms with Gasteiger partial charge in [-0.25, -0.2) is 4.98 Å². The molecule has 0 aliphatic heterocycles. The van der Waals surface area contributed by atoms with Crippen LogP contribution in [0.4, 0.5) is 0 Å². The summed E-state index contributed by atoms with van der Waals surface area (Å²) in [6, 6.07) is 21.9. The number of benzene rings is 2. The Bertz CT molecular complexity index is 762. The van der Waals surface area contributed by atoms with Crippen LogP contribution in [0.2, 0.25) is 0 Å². The van der Waals surface area contributed by atoms with E-state index in [0.717, 1.165) is 21.6 Å². The van der Waals surface area contributed by atoms with Crippen LogP contribution in [0.5, 0.6) is 0 Å². The maximum absolute atomic E-state index is 9.54. The monoisotopic (exact) mass is 317 g/mol. The zero-order valence-electron chi connectivity index (χ0n) is 12.6. The van der Waals surface area contributed by atoms with E-state index < -0.39 is 0 Å². The molecule has 0 bridgehead atoms. The van der Waals surface area contributed by atoms with Gasteiger partial charge in [-0.1, -0.05) is 77.9 Å². The minimum Gasteiger partial charge on any atom is -0.392 e. The lowest BCUT2D eigenvalue weighted by Crippen LogP contribution is -2.04. The second kappa shape index (κ2) is 7.49. The molecular formula is C19H16BNOS. The molecule has 2 aromatic carbocycles. The fourth-order valence-corrected chi connectivity index (χ4v) is 3.60. The standard InChI is InChI=1S/C19H16BNOS/c20-17-10-8-15(9-11-17)18(14-5-2-1-3-6-14)23-19-16(13-22)7-4-12-21-19/h1-12,18,22H,13H2. The van der Waals surface area contributed by atoms with E-state index in [1.54, 1.807) is 18.0 Å². The van der Waals surface area contributed by atoms with Crippen molar-refractivity contribution in [1.82, 2.24) is 4.98 Å². The molecule has 0 fully saturated rings. The van der Waals surface area contributed by atoms with Crippen molar-refractivity contribution in [1.29, 1.82) is 0 Å². The molecule has 0 aliphatic carbocycles. The lowest BCUT2D eigenvalue weighted by atomic mass is 9.94. The first-order valence-electron chi connectivity index (χ1n) is 7.39. The highest BCUT2D eigenvalue weighted by molar-refractivity contribution is 7.99. The fourth-order valence-electron chi connectivity index (χ4n) is 2.39. The van der Waals surface area contributed by atoms with Crippen LogP contribution in [0.3, 0.4) is 0 Å². The van der Waals surface area contributed by atoms with Crippen LogP contribution >= 0.6 is 11.8 Å². The van der Waals surface area contributed by atoms with Crippen molar-refractivity contribution in [2.45, 2.75) is 16.9 Å². The van der Waals surface area contributed by atoms with Crippen molar-refractivity contribution in [3.63, 3.8) is 0 Å². The molecule has 1 heterocycles. The van der Waals surface area contributed by atoms with Gasteiger partial charge in [0.2, 0.25) is 0 Å². The summed E-state index contributed by atoms with van der Waals surface area (Å²) in [6.07, 6.45) is 1.76. The predicted molar refractivity (Wildman–Crippen MR) is 96.1 cm³/mol. The molecule has 0 aliphatic rings. The highest BCUT2D eigenvalue weighted by Crippen LogP contribution is 2.40. The third kappa shape index (κ3) is 3.84. The molecule has 23 heavy (non-hydrogen) atoms. The first kappa shape index (κ1) is 15.8. The van der Waals surface area contributed by atoms with E-state index in [2.05, 4.69) is 17.1 Å². The summed E-state index contributed by atoms with van der Waals surface area (Å²) in [5.41, 5.74) is 3.94. The summed E-state index contributed by atoms with van der Waals surface area (Å²) in [5, 5.41) is 10.5. The molecule has 2 radical (unpaired) electrons. The van der Waals surface area contributed by atoms with Gasteiger partial charge in [0.15, 0.2) is 0 Å². The number of aromatic nitrogens is 1. The number of aliphatic hydroxyl groups excluding tert-OH is 1. The van der Waals surface area contributed by atoms with E-state index in [-0.39, 0.29) is 11.9 Å². The normalized spacial score (nSPS) is 12.0. The van der Waals surface area contributed by atoms with Gasteiger partial charge in [0, 0.05) is 11.8 Å². The zero-order chi connectivity index (χ0) is 16.1. The Morgan fingerprint density at radius 1 is 0.913 bits per heavy atom. The molecule has 4 heteroatoms.